The van der Waals surface area contributed by atoms with Crippen LogP contribution in [0.3, 0.4) is 0 Å². The molecule has 0 radical (unpaired) electrons. The molecule has 16 heavy (non-hydrogen) atoms. The summed E-state index contributed by atoms with van der Waals surface area (Å²) in [7, 11) is 3.28. The van der Waals surface area contributed by atoms with Gasteiger partial charge in [-0.2, -0.15) is 5.26 Å². The summed E-state index contributed by atoms with van der Waals surface area (Å²) in [4.78, 5) is 12.7. The van der Waals surface area contributed by atoms with Crippen LogP contribution >= 0.6 is 0 Å². The largest absolute Gasteiger partial charge is 0.376 e. The van der Waals surface area contributed by atoms with Crippen molar-refractivity contribution in [1.29, 1.82) is 5.26 Å². The van der Waals surface area contributed by atoms with Crippen LogP contribution in [0.15, 0.2) is 18.2 Å². The third-order valence-electron chi connectivity index (χ3n) is 2.03. The molecule has 1 aromatic carbocycles. The van der Waals surface area contributed by atoms with Crippen LogP contribution in [-0.4, -0.2) is 31.4 Å². The average Bonchev–Trinajstić information content (AvgIpc) is 2.25. The first-order chi connectivity index (χ1) is 7.54. The highest BCUT2D eigenvalue weighted by Gasteiger charge is 2.05. The van der Waals surface area contributed by atoms with Crippen LogP contribution in [0.5, 0.6) is 0 Å². The Morgan fingerprint density at radius 1 is 1.56 bits per heavy atom. The minimum Gasteiger partial charge on any atom is -0.376 e. The molecule has 0 aliphatic rings. The zero-order chi connectivity index (χ0) is 12.1. The smallest absolute Gasteiger partial charge is 0.241 e. The first-order valence-electron chi connectivity index (χ1n) is 4.68. The number of hydrogen-bond donors (Lipinski definition) is 1. The first-order valence-corrected chi connectivity index (χ1v) is 4.68. The Balaban J connectivity index is 2.66. The van der Waals surface area contributed by atoms with Crippen molar-refractivity contribution in [3.8, 4) is 6.07 Å². The molecule has 0 atom stereocenters. The highest BCUT2D eigenvalue weighted by atomic mass is 19.1. The summed E-state index contributed by atoms with van der Waals surface area (Å²) in [6.07, 6.45) is 0. The van der Waals surface area contributed by atoms with E-state index >= 15 is 0 Å². The molecule has 1 N–H and O–H groups in total. The molecule has 1 aromatic rings. The second kappa shape index (κ2) is 5.12. The van der Waals surface area contributed by atoms with Crippen LogP contribution < -0.4 is 5.32 Å². The maximum absolute atomic E-state index is 13.2. The number of carbonyl (C=O) groups is 1. The predicted molar refractivity (Wildman–Crippen MR) is 58.3 cm³/mol. The summed E-state index contributed by atoms with van der Waals surface area (Å²) in [6, 6.07) is 5.86. The van der Waals surface area contributed by atoms with Crippen LogP contribution in [0.1, 0.15) is 5.56 Å². The molecule has 1 amide bonds. The minimum absolute atomic E-state index is 0.00974. The normalized spacial score (nSPS) is 9.38. The fourth-order valence-corrected chi connectivity index (χ4v) is 1.05. The molecule has 0 aromatic heterocycles. The Bertz CT molecular complexity index is 437. The zero-order valence-corrected chi connectivity index (χ0v) is 9.12. The number of likely N-dealkylation sites (N-methyl/N-ethyl adjacent to an activating group) is 1. The van der Waals surface area contributed by atoms with Crippen LogP contribution in [0.25, 0.3) is 0 Å². The first kappa shape index (κ1) is 12.0. The van der Waals surface area contributed by atoms with Gasteiger partial charge in [-0.3, -0.25) is 4.79 Å². The van der Waals surface area contributed by atoms with Gasteiger partial charge in [-0.05, 0) is 18.2 Å². The van der Waals surface area contributed by atoms with Gasteiger partial charge < -0.3 is 10.2 Å². The molecule has 84 valence electrons. The monoisotopic (exact) mass is 221 g/mol. The van der Waals surface area contributed by atoms with E-state index in [0.717, 1.165) is 0 Å². The lowest BCUT2D eigenvalue weighted by molar-refractivity contribution is -0.126. The second-order valence-corrected chi connectivity index (χ2v) is 3.45. The van der Waals surface area contributed by atoms with Crippen molar-refractivity contribution >= 4 is 11.6 Å². The number of amides is 1. The molecule has 0 aliphatic heterocycles. The molecule has 0 heterocycles. The number of halogens is 1. The van der Waals surface area contributed by atoms with Gasteiger partial charge in [0, 0.05) is 19.8 Å². The molecule has 0 unspecified atom stereocenters. The number of anilines is 1. The molecular weight excluding hydrogens is 209 g/mol. The van der Waals surface area contributed by atoms with Gasteiger partial charge in [-0.25, -0.2) is 4.39 Å². The highest BCUT2D eigenvalue weighted by molar-refractivity contribution is 5.80. The number of carbonyl (C=O) groups excluding carboxylic acids is 1. The number of rotatable bonds is 3. The fourth-order valence-electron chi connectivity index (χ4n) is 1.05. The molecular formula is C11H12FN3O. The van der Waals surface area contributed by atoms with E-state index < -0.39 is 5.82 Å². The predicted octanol–water partition coefficient (Wildman–Crippen LogP) is 1.20. The summed E-state index contributed by atoms with van der Waals surface area (Å²) < 4.78 is 13.2. The van der Waals surface area contributed by atoms with Gasteiger partial charge in [-0.1, -0.05) is 0 Å². The van der Waals surface area contributed by atoms with Crippen LogP contribution in [0, 0.1) is 17.1 Å². The maximum Gasteiger partial charge on any atom is 0.241 e. The molecule has 0 fully saturated rings. The standard InChI is InChI=1S/C11H12FN3O/c1-15(2)11(16)7-14-9-4-3-8(6-13)10(12)5-9/h3-5,14H,7H2,1-2H3. The van der Waals surface area contributed by atoms with Crippen molar-refractivity contribution in [2.75, 3.05) is 26.0 Å². The Labute approximate surface area is 93.3 Å². The van der Waals surface area contributed by atoms with E-state index in [4.69, 9.17) is 5.26 Å². The highest BCUT2D eigenvalue weighted by Crippen LogP contribution is 2.13. The van der Waals surface area contributed by atoms with Gasteiger partial charge in [0.15, 0.2) is 0 Å². The topological polar surface area (TPSA) is 56.1 Å². The van der Waals surface area contributed by atoms with E-state index in [-0.39, 0.29) is 18.0 Å². The third-order valence-corrected chi connectivity index (χ3v) is 2.03. The minimum atomic E-state index is -0.593. The van der Waals surface area contributed by atoms with Gasteiger partial charge >= 0.3 is 0 Å². The van der Waals surface area contributed by atoms with Crippen molar-refractivity contribution in [3.63, 3.8) is 0 Å². The van der Waals surface area contributed by atoms with E-state index in [0.29, 0.717) is 5.69 Å². The van der Waals surface area contributed by atoms with Gasteiger partial charge in [0.1, 0.15) is 11.9 Å². The lowest BCUT2D eigenvalue weighted by atomic mass is 10.2. The average molecular weight is 221 g/mol. The molecule has 0 saturated heterocycles. The van der Waals surface area contributed by atoms with Crippen LogP contribution in [-0.2, 0) is 4.79 Å². The number of benzene rings is 1. The number of hydrogen-bond acceptors (Lipinski definition) is 3. The lowest BCUT2D eigenvalue weighted by Gasteiger charge is -2.11. The molecule has 0 spiro atoms. The van der Waals surface area contributed by atoms with Gasteiger partial charge in [0.05, 0.1) is 12.1 Å². The summed E-state index contributed by atoms with van der Waals surface area (Å²) in [5.74, 6) is -0.699. The van der Waals surface area contributed by atoms with E-state index in [9.17, 15) is 9.18 Å². The molecule has 5 heteroatoms. The molecule has 1 rings (SSSR count). The molecule has 0 aliphatic carbocycles. The number of nitrogens with zero attached hydrogens (tertiary/aromatic N) is 2. The maximum atomic E-state index is 13.2. The van der Waals surface area contributed by atoms with E-state index in [2.05, 4.69) is 5.32 Å². The van der Waals surface area contributed by atoms with Crippen molar-refractivity contribution in [1.82, 2.24) is 4.90 Å². The Hall–Kier alpha value is -2.09. The Morgan fingerprint density at radius 2 is 2.25 bits per heavy atom. The molecule has 0 saturated carbocycles. The lowest BCUT2D eigenvalue weighted by Crippen LogP contribution is -2.28. The Morgan fingerprint density at radius 3 is 2.75 bits per heavy atom. The molecule has 4 nitrogen and oxygen atoms in total. The van der Waals surface area contributed by atoms with Crippen molar-refractivity contribution in [2.45, 2.75) is 0 Å². The van der Waals surface area contributed by atoms with Gasteiger partial charge in [-0.15, -0.1) is 0 Å². The van der Waals surface area contributed by atoms with Crippen LogP contribution in [0.2, 0.25) is 0 Å². The summed E-state index contributed by atoms with van der Waals surface area (Å²) in [5, 5.41) is 11.3. The van der Waals surface area contributed by atoms with E-state index in [1.54, 1.807) is 26.2 Å². The van der Waals surface area contributed by atoms with Gasteiger partial charge in [0.25, 0.3) is 0 Å². The summed E-state index contributed by atoms with van der Waals surface area (Å²) in [5.41, 5.74) is 0.469. The zero-order valence-electron chi connectivity index (χ0n) is 9.12. The SMILES string of the molecule is CN(C)C(=O)CNc1ccc(C#N)c(F)c1. The van der Waals surface area contributed by atoms with Crippen molar-refractivity contribution < 1.29 is 9.18 Å². The quantitative estimate of drug-likeness (QED) is 0.834. The number of nitriles is 1. The summed E-state index contributed by atoms with van der Waals surface area (Å²) in [6.45, 7) is 0.0956. The second-order valence-electron chi connectivity index (χ2n) is 3.45. The van der Waals surface area contributed by atoms with Crippen LogP contribution in [0.4, 0.5) is 10.1 Å². The fraction of sp³-hybridized carbons (Fsp3) is 0.273. The van der Waals surface area contributed by atoms with Crippen molar-refractivity contribution in [3.05, 3.63) is 29.6 Å². The Kier molecular flexibility index (Phi) is 3.84. The van der Waals surface area contributed by atoms with E-state index in [1.807, 2.05) is 0 Å². The molecule has 0 bridgehead atoms. The number of nitrogens with one attached hydrogen (secondary N) is 1. The van der Waals surface area contributed by atoms with E-state index in [1.165, 1.54) is 17.0 Å². The summed E-state index contributed by atoms with van der Waals surface area (Å²) >= 11 is 0. The van der Waals surface area contributed by atoms with Crippen molar-refractivity contribution in [2.24, 2.45) is 0 Å². The van der Waals surface area contributed by atoms with Gasteiger partial charge in [0.2, 0.25) is 5.91 Å². The third kappa shape index (κ3) is 2.95.